The van der Waals surface area contributed by atoms with Crippen LogP contribution in [0.5, 0.6) is 0 Å². The molecule has 2 aromatic carbocycles. The van der Waals surface area contributed by atoms with Crippen LogP contribution in [0.25, 0.3) is 0 Å². The molecule has 0 bridgehead atoms. The zero-order valence-corrected chi connectivity index (χ0v) is 12.3. The van der Waals surface area contributed by atoms with Crippen molar-refractivity contribution in [1.82, 2.24) is 0 Å². The third-order valence-corrected chi connectivity index (χ3v) is 3.54. The van der Waals surface area contributed by atoms with E-state index in [0.29, 0.717) is 0 Å². The molecular weight excluding hydrogens is 269 g/mol. The van der Waals surface area contributed by atoms with Crippen LogP contribution >= 0.6 is 12.6 Å². The van der Waals surface area contributed by atoms with E-state index in [9.17, 15) is 4.39 Å². The Morgan fingerprint density at radius 2 is 1.65 bits per heavy atom. The van der Waals surface area contributed by atoms with Crippen molar-refractivity contribution in [2.24, 2.45) is 5.73 Å². The van der Waals surface area contributed by atoms with Crippen LogP contribution in [0.15, 0.2) is 48.5 Å². The van der Waals surface area contributed by atoms with Gasteiger partial charge in [0.25, 0.3) is 0 Å². The minimum absolute atomic E-state index is 0.150. The lowest BCUT2D eigenvalue weighted by molar-refractivity contribution is 0.626. The molecule has 0 amide bonds. The highest BCUT2D eigenvalue weighted by Gasteiger charge is 2.04. The number of nitrogens with two attached hydrogens (primary N) is 1. The van der Waals surface area contributed by atoms with Crippen LogP contribution in [0.4, 0.5) is 4.39 Å². The minimum atomic E-state index is -0.186. The summed E-state index contributed by atoms with van der Waals surface area (Å²) in [7, 11) is 0. The quantitative estimate of drug-likeness (QED) is 0.781. The van der Waals surface area contributed by atoms with Crippen molar-refractivity contribution in [3.05, 3.63) is 71.0 Å². The van der Waals surface area contributed by atoms with Crippen LogP contribution in [-0.2, 0) is 12.8 Å². The standard InChI is InChI=1S/C17H20FNS/c18-16-6-2-5-14(11-16)9-13-3-1-4-15(10-13)12-17(19)7-8-20/h1-6,10-11,17,20H,7-9,12,19H2. The van der Waals surface area contributed by atoms with Crippen LogP contribution in [0.1, 0.15) is 23.1 Å². The lowest BCUT2D eigenvalue weighted by Gasteiger charge is -2.11. The van der Waals surface area contributed by atoms with Crippen molar-refractivity contribution in [1.29, 1.82) is 0 Å². The first-order chi connectivity index (χ1) is 9.67. The summed E-state index contributed by atoms with van der Waals surface area (Å²) in [5, 5.41) is 0. The molecule has 3 heteroatoms. The first-order valence-electron chi connectivity index (χ1n) is 6.86. The van der Waals surface area contributed by atoms with Crippen molar-refractivity contribution < 1.29 is 4.39 Å². The van der Waals surface area contributed by atoms with Crippen molar-refractivity contribution in [2.75, 3.05) is 5.75 Å². The molecule has 1 atom stereocenters. The van der Waals surface area contributed by atoms with Gasteiger partial charge < -0.3 is 5.73 Å². The number of halogens is 1. The summed E-state index contributed by atoms with van der Waals surface area (Å²) in [6, 6.07) is 15.2. The Kier molecular flexibility index (Phi) is 5.62. The highest BCUT2D eigenvalue weighted by atomic mass is 32.1. The van der Waals surface area contributed by atoms with Crippen molar-refractivity contribution >= 4 is 12.6 Å². The lowest BCUT2D eigenvalue weighted by atomic mass is 9.99. The van der Waals surface area contributed by atoms with Crippen molar-refractivity contribution in [2.45, 2.75) is 25.3 Å². The van der Waals surface area contributed by atoms with Crippen molar-refractivity contribution in [3.8, 4) is 0 Å². The summed E-state index contributed by atoms with van der Waals surface area (Å²) in [4.78, 5) is 0. The second-order valence-electron chi connectivity index (χ2n) is 5.10. The topological polar surface area (TPSA) is 26.0 Å². The molecule has 2 aromatic rings. The van der Waals surface area contributed by atoms with E-state index in [-0.39, 0.29) is 11.9 Å². The normalized spacial score (nSPS) is 12.3. The van der Waals surface area contributed by atoms with E-state index >= 15 is 0 Å². The van der Waals surface area contributed by atoms with Gasteiger partial charge in [-0.2, -0.15) is 12.6 Å². The molecule has 2 N–H and O–H groups in total. The Balaban J connectivity index is 2.06. The third-order valence-electron chi connectivity index (χ3n) is 3.29. The highest BCUT2D eigenvalue weighted by Crippen LogP contribution is 2.14. The van der Waals surface area contributed by atoms with E-state index in [4.69, 9.17) is 5.73 Å². The van der Waals surface area contributed by atoms with Gasteiger partial charge in [-0.1, -0.05) is 36.4 Å². The summed E-state index contributed by atoms with van der Waals surface area (Å²) in [6.07, 6.45) is 2.52. The van der Waals surface area contributed by atoms with E-state index in [2.05, 4.69) is 30.8 Å². The smallest absolute Gasteiger partial charge is 0.123 e. The van der Waals surface area contributed by atoms with Gasteiger partial charge in [0.15, 0.2) is 0 Å². The van der Waals surface area contributed by atoms with Gasteiger partial charge in [0.2, 0.25) is 0 Å². The Morgan fingerprint density at radius 1 is 1.00 bits per heavy atom. The van der Waals surface area contributed by atoms with E-state index in [1.54, 1.807) is 12.1 Å². The minimum Gasteiger partial charge on any atom is -0.327 e. The third kappa shape index (κ3) is 4.66. The van der Waals surface area contributed by atoms with Crippen LogP contribution in [-0.4, -0.2) is 11.8 Å². The van der Waals surface area contributed by atoms with Gasteiger partial charge in [0, 0.05) is 6.04 Å². The number of hydrogen-bond donors (Lipinski definition) is 2. The van der Waals surface area contributed by atoms with Gasteiger partial charge in [-0.25, -0.2) is 4.39 Å². The molecular formula is C17H20FNS. The Morgan fingerprint density at radius 3 is 2.35 bits per heavy atom. The molecule has 0 saturated heterocycles. The Labute approximate surface area is 125 Å². The van der Waals surface area contributed by atoms with Gasteiger partial charge in [0.05, 0.1) is 0 Å². The molecule has 0 fully saturated rings. The SMILES string of the molecule is NC(CCS)Cc1cccc(Cc2cccc(F)c2)c1. The van der Waals surface area contributed by atoms with Gasteiger partial charge in [-0.3, -0.25) is 0 Å². The molecule has 0 spiro atoms. The van der Waals surface area contributed by atoms with Crippen LogP contribution < -0.4 is 5.73 Å². The molecule has 0 heterocycles. The van der Waals surface area contributed by atoms with E-state index in [0.717, 1.165) is 30.6 Å². The summed E-state index contributed by atoms with van der Waals surface area (Å²) >= 11 is 4.21. The fourth-order valence-corrected chi connectivity index (χ4v) is 2.65. The van der Waals surface area contributed by atoms with Crippen LogP contribution in [0, 0.1) is 5.82 Å². The molecule has 0 aliphatic heterocycles. The average Bonchev–Trinajstić information content (AvgIpc) is 2.39. The molecule has 0 aliphatic carbocycles. The molecule has 106 valence electrons. The predicted molar refractivity (Wildman–Crippen MR) is 85.8 cm³/mol. The summed E-state index contributed by atoms with van der Waals surface area (Å²) in [5.74, 6) is 0.624. The Hall–Kier alpha value is -1.32. The van der Waals surface area contributed by atoms with Crippen LogP contribution in [0.2, 0.25) is 0 Å². The van der Waals surface area contributed by atoms with Gasteiger partial charge in [0.1, 0.15) is 5.82 Å². The predicted octanol–water partition coefficient (Wildman–Crippen LogP) is 3.61. The molecule has 0 radical (unpaired) electrons. The molecule has 0 saturated carbocycles. The molecule has 0 aromatic heterocycles. The largest absolute Gasteiger partial charge is 0.327 e. The molecule has 0 aliphatic rings. The number of thiol groups is 1. The fourth-order valence-electron chi connectivity index (χ4n) is 2.32. The maximum atomic E-state index is 13.2. The average molecular weight is 289 g/mol. The zero-order valence-electron chi connectivity index (χ0n) is 11.4. The van der Waals surface area contributed by atoms with E-state index < -0.39 is 0 Å². The monoisotopic (exact) mass is 289 g/mol. The Bertz CT molecular complexity index is 556. The number of rotatable bonds is 6. The number of benzene rings is 2. The summed E-state index contributed by atoms with van der Waals surface area (Å²) < 4.78 is 13.2. The second kappa shape index (κ2) is 7.46. The molecule has 1 nitrogen and oxygen atoms in total. The highest BCUT2D eigenvalue weighted by molar-refractivity contribution is 7.80. The zero-order chi connectivity index (χ0) is 14.4. The maximum absolute atomic E-state index is 13.2. The lowest BCUT2D eigenvalue weighted by Crippen LogP contribution is -2.23. The summed E-state index contributed by atoms with van der Waals surface area (Å²) in [6.45, 7) is 0. The first kappa shape index (κ1) is 15.1. The van der Waals surface area contributed by atoms with Gasteiger partial charge >= 0.3 is 0 Å². The van der Waals surface area contributed by atoms with E-state index in [1.165, 1.54) is 17.2 Å². The molecule has 20 heavy (non-hydrogen) atoms. The number of hydrogen-bond acceptors (Lipinski definition) is 2. The van der Waals surface area contributed by atoms with Gasteiger partial charge in [-0.15, -0.1) is 0 Å². The van der Waals surface area contributed by atoms with Gasteiger partial charge in [-0.05, 0) is 53.8 Å². The van der Waals surface area contributed by atoms with E-state index in [1.807, 2.05) is 12.1 Å². The van der Waals surface area contributed by atoms with Crippen LogP contribution in [0.3, 0.4) is 0 Å². The fraction of sp³-hybridized carbons (Fsp3) is 0.294. The molecule has 1 unspecified atom stereocenters. The summed E-state index contributed by atoms with van der Waals surface area (Å²) in [5.41, 5.74) is 9.44. The molecule has 2 rings (SSSR count). The second-order valence-corrected chi connectivity index (χ2v) is 5.55. The van der Waals surface area contributed by atoms with Crippen molar-refractivity contribution in [3.63, 3.8) is 0 Å². The first-order valence-corrected chi connectivity index (χ1v) is 7.49. The maximum Gasteiger partial charge on any atom is 0.123 e.